The summed E-state index contributed by atoms with van der Waals surface area (Å²) in [6.45, 7) is 4.91. The van der Waals surface area contributed by atoms with Crippen molar-refractivity contribution in [2.24, 2.45) is 5.11 Å². The number of nitrogens with zero attached hydrogens (tertiary/aromatic N) is 3. The Kier molecular flexibility index (Phi) is 6.41. The molecule has 1 aromatic rings. The summed E-state index contributed by atoms with van der Waals surface area (Å²) in [7, 11) is 0. The second-order valence-corrected chi connectivity index (χ2v) is 5.73. The number of hydrogen-bond acceptors (Lipinski definition) is 4. The van der Waals surface area contributed by atoms with Crippen LogP contribution in [0, 0.1) is 0 Å². The van der Waals surface area contributed by atoms with E-state index in [1.165, 1.54) is 0 Å². The zero-order valence-electron chi connectivity index (χ0n) is 12.9. The molecule has 0 saturated carbocycles. The van der Waals surface area contributed by atoms with E-state index in [0.717, 1.165) is 5.56 Å². The molecule has 0 heterocycles. The molecule has 0 aliphatic heterocycles. The largest absolute Gasteiger partial charge is 0.458 e. The van der Waals surface area contributed by atoms with E-state index in [2.05, 4.69) is 15.3 Å². The number of esters is 1. The molecule has 0 spiro atoms. The quantitative estimate of drug-likeness (QED) is 0.377. The summed E-state index contributed by atoms with van der Waals surface area (Å²) in [5.41, 5.74) is 8.47. The molecule has 7 nitrogen and oxygen atoms in total. The maximum Gasteiger partial charge on any atom is 0.329 e. The van der Waals surface area contributed by atoms with Crippen LogP contribution < -0.4 is 5.32 Å². The SMILES string of the molecule is CC(C)(C)OC(=O)[C@H](Cc1ccccc1)NC(=O)CN=[N+]=[N-]. The molecule has 0 saturated heterocycles. The Morgan fingerprint density at radius 2 is 1.95 bits per heavy atom. The summed E-state index contributed by atoms with van der Waals surface area (Å²) >= 11 is 0. The number of hydrogen-bond donors (Lipinski definition) is 1. The van der Waals surface area contributed by atoms with Crippen molar-refractivity contribution in [1.29, 1.82) is 0 Å². The van der Waals surface area contributed by atoms with Crippen molar-refractivity contribution in [1.82, 2.24) is 5.32 Å². The van der Waals surface area contributed by atoms with Gasteiger partial charge in [0.25, 0.3) is 0 Å². The predicted octanol–water partition coefficient (Wildman–Crippen LogP) is 2.37. The maximum absolute atomic E-state index is 12.2. The van der Waals surface area contributed by atoms with Crippen molar-refractivity contribution in [3.8, 4) is 0 Å². The highest BCUT2D eigenvalue weighted by atomic mass is 16.6. The Balaban J connectivity index is 2.82. The van der Waals surface area contributed by atoms with Crippen LogP contribution in [0.5, 0.6) is 0 Å². The van der Waals surface area contributed by atoms with Gasteiger partial charge < -0.3 is 10.1 Å². The van der Waals surface area contributed by atoms with E-state index >= 15 is 0 Å². The lowest BCUT2D eigenvalue weighted by Gasteiger charge is -2.24. The summed E-state index contributed by atoms with van der Waals surface area (Å²) in [6.07, 6.45) is 0.303. The zero-order valence-corrected chi connectivity index (χ0v) is 12.9. The van der Waals surface area contributed by atoms with Crippen LogP contribution in [-0.4, -0.2) is 30.1 Å². The molecule has 22 heavy (non-hydrogen) atoms. The molecule has 0 aliphatic rings. The first-order chi connectivity index (χ1) is 10.3. The summed E-state index contributed by atoms with van der Waals surface area (Å²) in [5, 5.41) is 5.73. The molecule has 0 fully saturated rings. The molecule has 1 rings (SSSR count). The van der Waals surface area contributed by atoms with Crippen LogP contribution in [-0.2, 0) is 20.7 Å². The van der Waals surface area contributed by atoms with Gasteiger partial charge in [0.2, 0.25) is 5.91 Å². The lowest BCUT2D eigenvalue weighted by molar-refractivity contribution is -0.158. The van der Waals surface area contributed by atoms with E-state index in [1.54, 1.807) is 20.8 Å². The van der Waals surface area contributed by atoms with E-state index < -0.39 is 23.5 Å². The smallest absolute Gasteiger partial charge is 0.329 e. The van der Waals surface area contributed by atoms with Gasteiger partial charge in [0.1, 0.15) is 18.2 Å². The molecule has 7 heteroatoms. The molecule has 0 aliphatic carbocycles. The van der Waals surface area contributed by atoms with Crippen LogP contribution in [0.4, 0.5) is 0 Å². The third-order valence-electron chi connectivity index (χ3n) is 2.59. The summed E-state index contributed by atoms with van der Waals surface area (Å²) in [4.78, 5) is 26.4. The Morgan fingerprint density at radius 1 is 1.32 bits per heavy atom. The minimum atomic E-state index is -0.831. The highest BCUT2D eigenvalue weighted by Gasteiger charge is 2.26. The maximum atomic E-state index is 12.2. The van der Waals surface area contributed by atoms with Crippen molar-refractivity contribution in [2.45, 2.75) is 38.8 Å². The van der Waals surface area contributed by atoms with E-state index in [4.69, 9.17) is 10.3 Å². The van der Waals surface area contributed by atoms with Crippen LogP contribution in [0.3, 0.4) is 0 Å². The van der Waals surface area contributed by atoms with Gasteiger partial charge in [-0.2, -0.15) is 0 Å². The van der Waals surface area contributed by atoms with Crippen LogP contribution in [0.1, 0.15) is 26.3 Å². The fraction of sp³-hybridized carbons (Fsp3) is 0.467. The van der Waals surface area contributed by atoms with E-state index in [9.17, 15) is 9.59 Å². The monoisotopic (exact) mass is 304 g/mol. The normalized spacial score (nSPS) is 12.0. The van der Waals surface area contributed by atoms with Gasteiger partial charge in [0, 0.05) is 11.3 Å². The first-order valence-corrected chi connectivity index (χ1v) is 6.89. The molecule has 0 unspecified atom stereocenters. The van der Waals surface area contributed by atoms with Crippen molar-refractivity contribution in [2.75, 3.05) is 6.54 Å². The third kappa shape index (κ3) is 6.76. The van der Waals surface area contributed by atoms with Crippen LogP contribution >= 0.6 is 0 Å². The summed E-state index contributed by atoms with van der Waals surface area (Å²) in [5.74, 6) is -1.05. The van der Waals surface area contributed by atoms with E-state index in [-0.39, 0.29) is 6.54 Å². The number of azide groups is 1. The minimum absolute atomic E-state index is 0.303. The number of carbonyl (C=O) groups excluding carboxylic acids is 2. The third-order valence-corrected chi connectivity index (χ3v) is 2.59. The summed E-state index contributed by atoms with van der Waals surface area (Å²) in [6, 6.07) is 8.45. The Hall–Kier alpha value is -2.53. The minimum Gasteiger partial charge on any atom is -0.458 e. The number of rotatable bonds is 6. The molecule has 0 bridgehead atoms. The van der Waals surface area contributed by atoms with Crippen molar-refractivity contribution in [3.05, 3.63) is 46.3 Å². The van der Waals surface area contributed by atoms with Crippen LogP contribution in [0.25, 0.3) is 10.4 Å². The lowest BCUT2D eigenvalue weighted by Crippen LogP contribution is -2.46. The molecule has 1 N–H and O–H groups in total. The molecule has 1 aromatic carbocycles. The number of benzene rings is 1. The van der Waals surface area contributed by atoms with Gasteiger partial charge in [-0.15, -0.1) is 0 Å². The van der Waals surface area contributed by atoms with Gasteiger partial charge in [0.05, 0.1) is 0 Å². The van der Waals surface area contributed by atoms with Crippen LogP contribution in [0.15, 0.2) is 35.4 Å². The molecule has 0 radical (unpaired) electrons. The second-order valence-electron chi connectivity index (χ2n) is 5.73. The van der Waals surface area contributed by atoms with Gasteiger partial charge in [-0.1, -0.05) is 35.4 Å². The second kappa shape index (κ2) is 8.05. The van der Waals surface area contributed by atoms with Crippen molar-refractivity contribution >= 4 is 11.9 Å². The highest BCUT2D eigenvalue weighted by molar-refractivity contribution is 5.85. The highest BCUT2D eigenvalue weighted by Crippen LogP contribution is 2.11. The number of ether oxygens (including phenoxy) is 1. The Labute approximate surface area is 129 Å². The van der Waals surface area contributed by atoms with Crippen LogP contribution in [0.2, 0.25) is 0 Å². The van der Waals surface area contributed by atoms with Gasteiger partial charge in [-0.3, -0.25) is 4.79 Å². The number of amides is 1. The fourth-order valence-corrected chi connectivity index (χ4v) is 1.75. The predicted molar refractivity (Wildman–Crippen MR) is 81.9 cm³/mol. The average Bonchev–Trinajstić information content (AvgIpc) is 2.43. The first kappa shape index (κ1) is 17.5. The molecule has 1 amide bonds. The standard InChI is InChI=1S/C15H20N4O3/c1-15(2,3)22-14(21)12(18-13(20)10-17-19-16)9-11-7-5-4-6-8-11/h4-8,12H,9-10H2,1-3H3,(H,18,20)/t12-/m0/s1. The van der Waals surface area contributed by atoms with Gasteiger partial charge in [0.15, 0.2) is 0 Å². The Morgan fingerprint density at radius 3 is 2.50 bits per heavy atom. The molecule has 0 aromatic heterocycles. The molecular weight excluding hydrogens is 284 g/mol. The van der Waals surface area contributed by atoms with E-state index in [1.807, 2.05) is 30.3 Å². The molecule has 1 atom stereocenters. The average molecular weight is 304 g/mol. The lowest BCUT2D eigenvalue weighted by atomic mass is 10.1. The Bertz CT molecular complexity index is 560. The van der Waals surface area contributed by atoms with Crippen molar-refractivity contribution in [3.63, 3.8) is 0 Å². The van der Waals surface area contributed by atoms with Gasteiger partial charge in [-0.05, 0) is 31.9 Å². The molecule has 118 valence electrons. The van der Waals surface area contributed by atoms with Gasteiger partial charge >= 0.3 is 5.97 Å². The summed E-state index contributed by atoms with van der Waals surface area (Å²) < 4.78 is 5.32. The van der Waals surface area contributed by atoms with Crippen molar-refractivity contribution < 1.29 is 14.3 Å². The fourth-order valence-electron chi connectivity index (χ4n) is 1.75. The first-order valence-electron chi connectivity index (χ1n) is 6.89. The van der Waals surface area contributed by atoms with E-state index in [0.29, 0.717) is 6.42 Å². The zero-order chi connectivity index (χ0) is 16.6. The van der Waals surface area contributed by atoms with Gasteiger partial charge in [-0.25, -0.2) is 4.79 Å². The number of carbonyl (C=O) groups is 2. The molecular formula is C15H20N4O3. The topological polar surface area (TPSA) is 104 Å². The number of nitrogens with one attached hydrogen (secondary N) is 1.